The van der Waals surface area contributed by atoms with Crippen molar-refractivity contribution in [2.45, 2.75) is 32.4 Å². The summed E-state index contributed by atoms with van der Waals surface area (Å²) in [4.78, 5) is 25.1. The van der Waals surface area contributed by atoms with Gasteiger partial charge in [-0.05, 0) is 19.8 Å². The molecule has 0 aromatic carbocycles. The van der Waals surface area contributed by atoms with Crippen molar-refractivity contribution in [3.8, 4) is 0 Å². The van der Waals surface area contributed by atoms with Crippen molar-refractivity contribution in [3.05, 3.63) is 23.8 Å². The van der Waals surface area contributed by atoms with Crippen LogP contribution in [0.25, 0.3) is 0 Å². The Morgan fingerprint density at radius 3 is 2.62 bits per heavy atom. The summed E-state index contributed by atoms with van der Waals surface area (Å²) in [5.41, 5.74) is 6.73. The van der Waals surface area contributed by atoms with Crippen LogP contribution in [0.3, 0.4) is 0 Å². The van der Waals surface area contributed by atoms with E-state index in [0.29, 0.717) is 12.6 Å². The number of hydrogen-bond donors (Lipinski definition) is 1. The summed E-state index contributed by atoms with van der Waals surface area (Å²) >= 11 is 0. The van der Waals surface area contributed by atoms with Crippen LogP contribution in [-0.4, -0.2) is 71.1 Å². The molecule has 3 rings (SSSR count). The molecule has 0 bridgehead atoms. The molecule has 0 radical (unpaired) electrons. The highest BCUT2D eigenvalue weighted by Crippen LogP contribution is 2.20. The number of nitrogens with zero attached hydrogens (tertiary/aromatic N) is 4. The number of ether oxygens (including phenoxy) is 1. The first-order valence-electron chi connectivity index (χ1n) is 8.73. The Kier molecular flexibility index (Phi) is 5.76. The highest BCUT2D eigenvalue weighted by Gasteiger charge is 2.30. The molecule has 0 spiro atoms. The van der Waals surface area contributed by atoms with Gasteiger partial charge in [0.25, 0.3) is 0 Å². The molecule has 7 heteroatoms. The van der Waals surface area contributed by atoms with Crippen molar-refractivity contribution in [2.75, 3.05) is 39.4 Å². The van der Waals surface area contributed by atoms with Crippen LogP contribution in [0.4, 0.5) is 0 Å². The summed E-state index contributed by atoms with van der Waals surface area (Å²) in [6, 6.07) is 0.503. The van der Waals surface area contributed by atoms with Gasteiger partial charge in [0.05, 0.1) is 5.92 Å². The number of amides is 1. The first-order chi connectivity index (χ1) is 11.6. The van der Waals surface area contributed by atoms with Gasteiger partial charge in [-0.15, -0.1) is 0 Å². The van der Waals surface area contributed by atoms with Gasteiger partial charge < -0.3 is 10.5 Å². The van der Waals surface area contributed by atoms with Crippen molar-refractivity contribution in [1.82, 2.24) is 19.8 Å². The number of primary amides is 1. The van der Waals surface area contributed by atoms with Crippen molar-refractivity contribution in [3.63, 3.8) is 0 Å². The van der Waals surface area contributed by atoms with Gasteiger partial charge in [-0.1, -0.05) is 0 Å². The largest absolute Gasteiger partial charge is 0.381 e. The van der Waals surface area contributed by atoms with E-state index in [0.717, 1.165) is 63.6 Å². The summed E-state index contributed by atoms with van der Waals surface area (Å²) in [5.74, 6) is 0.427. The third-order valence-electron chi connectivity index (χ3n) is 4.99. The van der Waals surface area contributed by atoms with Crippen LogP contribution in [0.15, 0.2) is 12.4 Å². The smallest absolute Gasteiger partial charge is 0.223 e. The van der Waals surface area contributed by atoms with Gasteiger partial charge in [0, 0.05) is 69.9 Å². The Morgan fingerprint density at radius 2 is 1.96 bits per heavy atom. The van der Waals surface area contributed by atoms with E-state index < -0.39 is 0 Å². The first kappa shape index (κ1) is 17.3. The van der Waals surface area contributed by atoms with Crippen LogP contribution < -0.4 is 5.73 Å². The zero-order chi connectivity index (χ0) is 16.9. The summed E-state index contributed by atoms with van der Waals surface area (Å²) in [7, 11) is 0. The summed E-state index contributed by atoms with van der Waals surface area (Å²) in [6.45, 7) is 7.59. The van der Waals surface area contributed by atoms with Crippen LogP contribution in [0.2, 0.25) is 0 Å². The second-order valence-corrected chi connectivity index (χ2v) is 6.81. The van der Waals surface area contributed by atoms with Crippen LogP contribution in [0, 0.1) is 12.8 Å². The normalized spacial score (nSPS) is 24.6. The lowest BCUT2D eigenvalue weighted by Gasteiger charge is -2.34. The molecule has 0 unspecified atom stereocenters. The minimum Gasteiger partial charge on any atom is -0.381 e. The Morgan fingerprint density at radius 1 is 1.25 bits per heavy atom. The van der Waals surface area contributed by atoms with Gasteiger partial charge in [-0.3, -0.25) is 14.6 Å². The van der Waals surface area contributed by atoms with Gasteiger partial charge in [-0.25, -0.2) is 9.97 Å². The molecule has 3 heterocycles. The van der Waals surface area contributed by atoms with E-state index in [-0.39, 0.29) is 11.8 Å². The average Bonchev–Trinajstić information content (AvgIpc) is 2.81. The number of nitrogens with two attached hydrogens (primary N) is 1. The quantitative estimate of drug-likeness (QED) is 0.846. The topological polar surface area (TPSA) is 84.6 Å². The fourth-order valence-corrected chi connectivity index (χ4v) is 3.57. The fourth-order valence-electron chi connectivity index (χ4n) is 3.57. The molecule has 1 aromatic heterocycles. The molecule has 2 aliphatic heterocycles. The standard InChI is InChI=1S/C17H27N5O2/c1-13-19-8-14(9-20-13)10-21-4-5-22(12-15(11-21)17(18)23)16-2-6-24-7-3-16/h8-9,15-16H,2-7,10-12H2,1H3,(H2,18,23)/t15-/m0/s1. The van der Waals surface area contributed by atoms with Gasteiger partial charge >= 0.3 is 0 Å². The van der Waals surface area contributed by atoms with Gasteiger partial charge in [0.15, 0.2) is 0 Å². The average molecular weight is 333 g/mol. The highest BCUT2D eigenvalue weighted by molar-refractivity contribution is 5.77. The number of rotatable bonds is 4. The van der Waals surface area contributed by atoms with Gasteiger partial charge in [0.1, 0.15) is 5.82 Å². The SMILES string of the molecule is Cc1ncc(CN2CCN(C3CCOCC3)C[C@@H](C(N)=O)C2)cn1. The molecule has 2 fully saturated rings. The third-order valence-corrected chi connectivity index (χ3v) is 4.99. The molecule has 1 atom stereocenters. The number of carbonyl (C=O) groups excluding carboxylic acids is 1. The second kappa shape index (κ2) is 8.00. The zero-order valence-corrected chi connectivity index (χ0v) is 14.4. The van der Waals surface area contributed by atoms with E-state index in [1.54, 1.807) is 0 Å². The van der Waals surface area contributed by atoms with Crippen LogP contribution in [-0.2, 0) is 16.1 Å². The van der Waals surface area contributed by atoms with Crippen molar-refractivity contribution < 1.29 is 9.53 Å². The monoisotopic (exact) mass is 333 g/mol. The van der Waals surface area contributed by atoms with Crippen molar-refractivity contribution >= 4 is 5.91 Å². The maximum atomic E-state index is 11.9. The molecule has 24 heavy (non-hydrogen) atoms. The molecule has 7 nitrogen and oxygen atoms in total. The highest BCUT2D eigenvalue weighted by atomic mass is 16.5. The molecule has 2 aliphatic rings. The molecule has 1 amide bonds. The Balaban J connectivity index is 1.66. The van der Waals surface area contributed by atoms with Crippen LogP contribution in [0.5, 0.6) is 0 Å². The Labute approximate surface area is 143 Å². The maximum Gasteiger partial charge on any atom is 0.223 e. The van der Waals surface area contributed by atoms with Gasteiger partial charge in [-0.2, -0.15) is 0 Å². The van der Waals surface area contributed by atoms with Crippen molar-refractivity contribution in [1.29, 1.82) is 0 Å². The summed E-state index contributed by atoms with van der Waals surface area (Å²) in [6.07, 6.45) is 5.81. The summed E-state index contributed by atoms with van der Waals surface area (Å²) in [5, 5.41) is 0. The minimum atomic E-state index is -0.209. The molecule has 0 aliphatic carbocycles. The zero-order valence-electron chi connectivity index (χ0n) is 14.4. The number of aromatic nitrogens is 2. The molecular weight excluding hydrogens is 306 g/mol. The van der Waals surface area contributed by atoms with Crippen LogP contribution in [0.1, 0.15) is 24.2 Å². The minimum absolute atomic E-state index is 0.137. The van der Waals surface area contributed by atoms with E-state index >= 15 is 0 Å². The lowest BCUT2D eigenvalue weighted by Crippen LogP contribution is -2.44. The summed E-state index contributed by atoms with van der Waals surface area (Å²) < 4.78 is 5.46. The number of carbonyl (C=O) groups is 1. The lowest BCUT2D eigenvalue weighted by molar-refractivity contribution is -0.122. The van der Waals surface area contributed by atoms with E-state index in [4.69, 9.17) is 10.5 Å². The molecular formula is C17H27N5O2. The van der Waals surface area contributed by atoms with E-state index in [2.05, 4.69) is 19.8 Å². The predicted molar refractivity (Wildman–Crippen MR) is 90.1 cm³/mol. The number of hydrogen-bond acceptors (Lipinski definition) is 6. The molecule has 0 saturated carbocycles. The molecule has 1 aromatic rings. The van der Waals surface area contributed by atoms with E-state index in [1.807, 2.05) is 19.3 Å². The Hall–Kier alpha value is -1.57. The molecule has 2 N–H and O–H groups in total. The predicted octanol–water partition coefficient (Wildman–Crippen LogP) is 0.183. The fraction of sp³-hybridized carbons (Fsp3) is 0.706. The Bertz CT molecular complexity index is 544. The first-order valence-corrected chi connectivity index (χ1v) is 8.73. The third kappa shape index (κ3) is 4.49. The lowest BCUT2D eigenvalue weighted by atomic mass is 10.0. The van der Waals surface area contributed by atoms with E-state index in [1.165, 1.54) is 0 Å². The second-order valence-electron chi connectivity index (χ2n) is 6.81. The van der Waals surface area contributed by atoms with E-state index in [9.17, 15) is 4.79 Å². The van der Waals surface area contributed by atoms with Gasteiger partial charge in [0.2, 0.25) is 5.91 Å². The maximum absolute atomic E-state index is 11.9. The van der Waals surface area contributed by atoms with Crippen LogP contribution >= 0.6 is 0 Å². The molecule has 2 saturated heterocycles. The van der Waals surface area contributed by atoms with Crippen molar-refractivity contribution in [2.24, 2.45) is 11.7 Å². The molecule has 132 valence electrons. The number of aryl methyl sites for hydroxylation is 1.